The lowest BCUT2D eigenvalue weighted by atomic mass is 10.1. The first-order valence-electron chi connectivity index (χ1n) is 7.41. The van der Waals surface area contributed by atoms with Crippen molar-refractivity contribution in [2.24, 2.45) is 5.92 Å². The van der Waals surface area contributed by atoms with Crippen LogP contribution < -0.4 is 10.2 Å². The monoisotopic (exact) mass is 308 g/mol. The zero-order valence-electron chi connectivity index (χ0n) is 13.1. The van der Waals surface area contributed by atoms with E-state index >= 15 is 0 Å². The van der Waals surface area contributed by atoms with Crippen LogP contribution in [0.3, 0.4) is 0 Å². The van der Waals surface area contributed by atoms with Crippen LogP contribution in [0.25, 0.3) is 0 Å². The van der Waals surface area contributed by atoms with Crippen molar-refractivity contribution in [3.63, 3.8) is 0 Å². The average molecular weight is 308 g/mol. The molecule has 1 aromatic carbocycles. The number of fused-ring (bicyclic) bond motifs is 1. The second kappa shape index (κ2) is 6.77. The molecule has 120 valence electrons. The average Bonchev–Trinajstić information content (AvgIpc) is 2.43. The van der Waals surface area contributed by atoms with Crippen LogP contribution in [-0.2, 0) is 14.3 Å². The summed E-state index contributed by atoms with van der Waals surface area (Å²) < 4.78 is 18.5. The van der Waals surface area contributed by atoms with Crippen molar-refractivity contribution in [3.05, 3.63) is 24.0 Å². The number of carbonyl (C=O) groups is 2. The van der Waals surface area contributed by atoms with E-state index in [0.717, 1.165) is 6.42 Å². The zero-order chi connectivity index (χ0) is 16.3. The highest BCUT2D eigenvalue weighted by atomic mass is 19.1. The number of hydrogen-bond donors (Lipinski definition) is 1. The summed E-state index contributed by atoms with van der Waals surface area (Å²) in [5.74, 6) is -0.650. The van der Waals surface area contributed by atoms with E-state index in [1.807, 2.05) is 13.8 Å². The molecule has 2 rings (SSSR count). The van der Waals surface area contributed by atoms with Crippen LogP contribution in [0.4, 0.5) is 15.8 Å². The van der Waals surface area contributed by atoms with E-state index < -0.39 is 17.8 Å². The molecule has 0 aromatic heterocycles. The molecule has 1 heterocycles. The molecule has 0 aliphatic carbocycles. The molecule has 0 spiro atoms. The number of ether oxygens (including phenoxy) is 1. The summed E-state index contributed by atoms with van der Waals surface area (Å²) >= 11 is 0. The quantitative estimate of drug-likeness (QED) is 0.849. The molecule has 0 saturated carbocycles. The number of nitrogens with one attached hydrogen (secondary N) is 1. The first kappa shape index (κ1) is 16.3. The van der Waals surface area contributed by atoms with Crippen LogP contribution in [-0.4, -0.2) is 31.1 Å². The van der Waals surface area contributed by atoms with Gasteiger partial charge in [-0.05, 0) is 37.5 Å². The number of carbonyl (C=O) groups excluding carboxylic acids is 2. The smallest absolute Gasteiger partial charge is 0.326 e. The summed E-state index contributed by atoms with van der Waals surface area (Å²) in [5, 5.41) is 2.93. The summed E-state index contributed by atoms with van der Waals surface area (Å²) in [4.78, 5) is 25.5. The normalized spacial score (nSPS) is 17.2. The molecule has 1 aliphatic heterocycles. The molecule has 1 N–H and O–H groups in total. The number of halogens is 1. The molecule has 1 amide bonds. The standard InChI is InChI=1S/C16H21FN2O3/c1-10(2)6-7-22-15(20)9-19-14-5-4-12(17)8-13(14)18-11(3)16(19)21/h4-5,8,10-11,18H,6-7,9H2,1-3H3. The maximum atomic E-state index is 13.3. The van der Waals surface area contributed by atoms with Gasteiger partial charge in [0.2, 0.25) is 5.91 Å². The highest BCUT2D eigenvalue weighted by Gasteiger charge is 2.31. The Labute approximate surface area is 129 Å². The van der Waals surface area contributed by atoms with Crippen LogP contribution in [0.2, 0.25) is 0 Å². The number of benzene rings is 1. The summed E-state index contributed by atoms with van der Waals surface area (Å²) in [5.41, 5.74) is 0.993. The molecule has 22 heavy (non-hydrogen) atoms. The predicted molar refractivity (Wildman–Crippen MR) is 82.3 cm³/mol. The van der Waals surface area contributed by atoms with E-state index in [1.54, 1.807) is 6.92 Å². The van der Waals surface area contributed by atoms with Crippen molar-refractivity contribution in [1.82, 2.24) is 0 Å². The van der Waals surface area contributed by atoms with Gasteiger partial charge >= 0.3 is 5.97 Å². The van der Waals surface area contributed by atoms with Gasteiger partial charge in [-0.1, -0.05) is 13.8 Å². The van der Waals surface area contributed by atoms with Gasteiger partial charge in [-0.3, -0.25) is 14.5 Å². The first-order valence-corrected chi connectivity index (χ1v) is 7.41. The lowest BCUT2D eigenvalue weighted by molar-refractivity contribution is -0.143. The molecule has 5 nitrogen and oxygen atoms in total. The highest BCUT2D eigenvalue weighted by Crippen LogP contribution is 2.31. The summed E-state index contributed by atoms with van der Waals surface area (Å²) in [6.45, 7) is 5.93. The molecule has 6 heteroatoms. The SMILES string of the molecule is CC(C)CCOC(=O)CN1C(=O)C(C)Nc2cc(F)ccc21. The van der Waals surface area contributed by atoms with Crippen molar-refractivity contribution >= 4 is 23.3 Å². The zero-order valence-corrected chi connectivity index (χ0v) is 13.1. The van der Waals surface area contributed by atoms with Gasteiger partial charge in [0.05, 0.1) is 18.0 Å². The maximum absolute atomic E-state index is 13.3. The Balaban J connectivity index is 2.09. The number of anilines is 2. The fourth-order valence-electron chi connectivity index (χ4n) is 2.25. The van der Waals surface area contributed by atoms with Gasteiger partial charge in [0, 0.05) is 0 Å². The van der Waals surface area contributed by atoms with Crippen LogP contribution in [0, 0.1) is 11.7 Å². The molecule has 0 saturated heterocycles. The van der Waals surface area contributed by atoms with Crippen LogP contribution in [0.5, 0.6) is 0 Å². The first-order chi connectivity index (χ1) is 10.4. The molecular formula is C16H21FN2O3. The van der Waals surface area contributed by atoms with Gasteiger partial charge in [-0.25, -0.2) is 4.39 Å². The Bertz CT molecular complexity index is 575. The minimum absolute atomic E-state index is 0.165. The Kier molecular flexibility index (Phi) is 5.00. The Morgan fingerprint density at radius 1 is 1.45 bits per heavy atom. The number of esters is 1. The molecule has 0 bridgehead atoms. The minimum atomic E-state index is -0.516. The molecule has 1 unspecified atom stereocenters. The fourth-order valence-corrected chi connectivity index (χ4v) is 2.25. The van der Waals surface area contributed by atoms with Gasteiger partial charge in [0.15, 0.2) is 0 Å². The second-order valence-corrected chi connectivity index (χ2v) is 5.85. The minimum Gasteiger partial charge on any atom is -0.464 e. The van der Waals surface area contributed by atoms with Gasteiger partial charge in [-0.15, -0.1) is 0 Å². The van der Waals surface area contributed by atoms with Crippen LogP contribution in [0.15, 0.2) is 18.2 Å². The van der Waals surface area contributed by atoms with Crippen molar-refractivity contribution in [2.45, 2.75) is 33.2 Å². The molecule has 1 aromatic rings. The topological polar surface area (TPSA) is 58.6 Å². The van der Waals surface area contributed by atoms with Crippen molar-refractivity contribution < 1.29 is 18.7 Å². The maximum Gasteiger partial charge on any atom is 0.326 e. The lowest BCUT2D eigenvalue weighted by Crippen LogP contribution is -2.48. The predicted octanol–water partition coefficient (Wildman–Crippen LogP) is 2.56. The Hall–Kier alpha value is -2.11. The second-order valence-electron chi connectivity index (χ2n) is 5.85. The third-order valence-corrected chi connectivity index (χ3v) is 3.50. The largest absolute Gasteiger partial charge is 0.464 e. The van der Waals surface area contributed by atoms with Crippen LogP contribution in [0.1, 0.15) is 27.2 Å². The van der Waals surface area contributed by atoms with E-state index in [1.165, 1.54) is 23.1 Å². The number of amides is 1. The number of nitrogens with zero attached hydrogens (tertiary/aromatic N) is 1. The van der Waals surface area contributed by atoms with E-state index in [2.05, 4.69) is 5.32 Å². The van der Waals surface area contributed by atoms with E-state index in [0.29, 0.717) is 23.9 Å². The van der Waals surface area contributed by atoms with E-state index in [4.69, 9.17) is 4.74 Å². The molecular weight excluding hydrogens is 287 g/mol. The number of hydrogen-bond acceptors (Lipinski definition) is 4. The molecule has 1 aliphatic rings. The van der Waals surface area contributed by atoms with Gasteiger partial charge in [-0.2, -0.15) is 0 Å². The van der Waals surface area contributed by atoms with Crippen molar-refractivity contribution in [3.8, 4) is 0 Å². The summed E-state index contributed by atoms with van der Waals surface area (Å²) in [7, 11) is 0. The molecule has 0 radical (unpaired) electrons. The van der Waals surface area contributed by atoms with Crippen molar-refractivity contribution in [1.29, 1.82) is 0 Å². The lowest BCUT2D eigenvalue weighted by Gasteiger charge is -2.33. The third kappa shape index (κ3) is 3.75. The Morgan fingerprint density at radius 2 is 2.18 bits per heavy atom. The van der Waals surface area contributed by atoms with Crippen LogP contribution >= 0.6 is 0 Å². The van der Waals surface area contributed by atoms with E-state index in [9.17, 15) is 14.0 Å². The summed E-state index contributed by atoms with van der Waals surface area (Å²) in [6, 6.07) is 3.55. The third-order valence-electron chi connectivity index (χ3n) is 3.50. The highest BCUT2D eigenvalue weighted by molar-refractivity contribution is 6.07. The fraction of sp³-hybridized carbons (Fsp3) is 0.500. The summed E-state index contributed by atoms with van der Waals surface area (Å²) in [6.07, 6.45) is 0.777. The number of rotatable bonds is 5. The van der Waals surface area contributed by atoms with E-state index in [-0.39, 0.29) is 12.5 Å². The van der Waals surface area contributed by atoms with Gasteiger partial charge in [0.25, 0.3) is 0 Å². The van der Waals surface area contributed by atoms with Crippen molar-refractivity contribution in [2.75, 3.05) is 23.4 Å². The van der Waals surface area contributed by atoms with Gasteiger partial charge in [0.1, 0.15) is 18.4 Å². The molecule has 0 fully saturated rings. The Morgan fingerprint density at radius 3 is 2.86 bits per heavy atom. The molecule has 1 atom stereocenters. The van der Waals surface area contributed by atoms with Gasteiger partial charge < -0.3 is 10.1 Å².